The number of aryl methyl sites for hydroxylation is 1. The van der Waals surface area contributed by atoms with E-state index in [1.165, 1.54) is 0 Å². The second-order valence-electron chi connectivity index (χ2n) is 5.83. The van der Waals surface area contributed by atoms with Crippen LogP contribution in [0.2, 0.25) is 5.02 Å². The van der Waals surface area contributed by atoms with E-state index in [4.69, 9.17) is 20.9 Å². The molecule has 0 unspecified atom stereocenters. The summed E-state index contributed by atoms with van der Waals surface area (Å²) in [5, 5.41) is 4.60. The van der Waals surface area contributed by atoms with Gasteiger partial charge < -0.3 is 9.26 Å². The van der Waals surface area contributed by atoms with Crippen molar-refractivity contribution in [1.29, 1.82) is 0 Å². The van der Waals surface area contributed by atoms with E-state index in [0.29, 0.717) is 11.6 Å². The number of piperazine rings is 1. The van der Waals surface area contributed by atoms with E-state index in [0.717, 1.165) is 56.5 Å². The van der Waals surface area contributed by atoms with Crippen LogP contribution < -0.4 is 4.74 Å². The fourth-order valence-corrected chi connectivity index (χ4v) is 2.92. The van der Waals surface area contributed by atoms with Crippen LogP contribution in [0.5, 0.6) is 5.75 Å². The van der Waals surface area contributed by atoms with Gasteiger partial charge in [-0.2, -0.15) is 0 Å². The molecule has 1 aromatic carbocycles. The van der Waals surface area contributed by atoms with E-state index in [1.807, 2.05) is 37.3 Å². The van der Waals surface area contributed by atoms with E-state index >= 15 is 0 Å². The number of hydrogen-bond acceptors (Lipinski definition) is 5. The normalized spacial score (nSPS) is 16.6. The first-order valence-electron chi connectivity index (χ1n) is 7.95. The molecule has 124 valence electrons. The Morgan fingerprint density at radius 1 is 1.17 bits per heavy atom. The molecule has 1 saturated heterocycles. The Morgan fingerprint density at radius 3 is 2.61 bits per heavy atom. The molecule has 1 fully saturated rings. The molecular formula is C17H22ClN3O2. The molecule has 23 heavy (non-hydrogen) atoms. The molecule has 0 N–H and O–H groups in total. The van der Waals surface area contributed by atoms with Gasteiger partial charge in [-0.15, -0.1) is 0 Å². The Morgan fingerprint density at radius 2 is 1.91 bits per heavy atom. The highest BCUT2D eigenvalue weighted by Gasteiger charge is 2.18. The first kappa shape index (κ1) is 16.3. The van der Waals surface area contributed by atoms with Gasteiger partial charge in [-0.1, -0.05) is 28.9 Å². The Bertz CT molecular complexity index is 624. The maximum absolute atomic E-state index is 6.08. The van der Waals surface area contributed by atoms with Gasteiger partial charge in [0.2, 0.25) is 0 Å². The summed E-state index contributed by atoms with van der Waals surface area (Å²) in [6.07, 6.45) is 0. The van der Waals surface area contributed by atoms with Crippen molar-refractivity contribution >= 4 is 11.6 Å². The highest BCUT2D eigenvalue weighted by atomic mass is 35.5. The molecule has 1 aliphatic heterocycles. The number of benzene rings is 1. The molecule has 1 aliphatic rings. The molecule has 2 aromatic rings. The number of halogens is 1. The summed E-state index contributed by atoms with van der Waals surface area (Å²) in [4.78, 5) is 4.81. The van der Waals surface area contributed by atoms with Gasteiger partial charge >= 0.3 is 0 Å². The van der Waals surface area contributed by atoms with E-state index < -0.39 is 0 Å². The molecule has 1 aromatic heterocycles. The second kappa shape index (κ2) is 7.81. The lowest BCUT2D eigenvalue weighted by molar-refractivity contribution is 0.106. The average molecular weight is 336 g/mol. The Labute approximate surface area is 141 Å². The Kier molecular flexibility index (Phi) is 5.54. The van der Waals surface area contributed by atoms with Gasteiger partial charge in [0.15, 0.2) is 5.76 Å². The molecule has 0 aliphatic carbocycles. The van der Waals surface area contributed by atoms with Gasteiger partial charge in [0, 0.05) is 38.8 Å². The molecule has 6 heteroatoms. The van der Waals surface area contributed by atoms with Crippen LogP contribution in [-0.2, 0) is 6.54 Å². The van der Waals surface area contributed by atoms with Crippen LogP contribution in [0.15, 0.2) is 34.9 Å². The van der Waals surface area contributed by atoms with Gasteiger partial charge in [-0.25, -0.2) is 0 Å². The minimum absolute atomic E-state index is 0.658. The van der Waals surface area contributed by atoms with Crippen molar-refractivity contribution < 1.29 is 9.26 Å². The zero-order valence-electron chi connectivity index (χ0n) is 13.4. The third-order valence-electron chi connectivity index (χ3n) is 4.02. The van der Waals surface area contributed by atoms with Crippen LogP contribution in [0.1, 0.15) is 11.5 Å². The van der Waals surface area contributed by atoms with Crippen molar-refractivity contribution in [2.45, 2.75) is 13.5 Å². The summed E-state index contributed by atoms with van der Waals surface area (Å²) < 4.78 is 11.0. The predicted octanol–water partition coefficient (Wildman–Crippen LogP) is 2.83. The number of para-hydroxylation sites is 1. The fourth-order valence-electron chi connectivity index (χ4n) is 2.73. The van der Waals surface area contributed by atoms with E-state index in [1.54, 1.807) is 0 Å². The molecule has 0 amide bonds. The van der Waals surface area contributed by atoms with Gasteiger partial charge in [0.25, 0.3) is 0 Å². The van der Waals surface area contributed by atoms with E-state index in [2.05, 4.69) is 15.0 Å². The van der Waals surface area contributed by atoms with Crippen molar-refractivity contribution in [1.82, 2.24) is 15.0 Å². The van der Waals surface area contributed by atoms with Crippen LogP contribution in [0.4, 0.5) is 0 Å². The number of ether oxygens (including phenoxy) is 1. The summed E-state index contributed by atoms with van der Waals surface area (Å²) in [7, 11) is 0. The first-order chi connectivity index (χ1) is 11.2. The number of rotatable bonds is 6. The van der Waals surface area contributed by atoms with E-state index in [-0.39, 0.29) is 0 Å². The number of nitrogens with zero attached hydrogens (tertiary/aromatic N) is 3. The Balaban J connectivity index is 1.37. The number of hydrogen-bond donors (Lipinski definition) is 0. The van der Waals surface area contributed by atoms with Gasteiger partial charge in [0.1, 0.15) is 12.4 Å². The smallest absolute Gasteiger partial charge is 0.150 e. The highest BCUT2D eigenvalue weighted by molar-refractivity contribution is 6.32. The number of aromatic nitrogens is 1. The Hall–Kier alpha value is -1.56. The van der Waals surface area contributed by atoms with Gasteiger partial charge in [-0.3, -0.25) is 9.80 Å². The topological polar surface area (TPSA) is 41.7 Å². The molecule has 5 nitrogen and oxygen atoms in total. The monoisotopic (exact) mass is 335 g/mol. The van der Waals surface area contributed by atoms with Crippen LogP contribution in [0.3, 0.4) is 0 Å². The van der Waals surface area contributed by atoms with Crippen molar-refractivity contribution in [3.05, 3.63) is 46.8 Å². The molecule has 2 heterocycles. The molecule has 3 rings (SSSR count). The maximum Gasteiger partial charge on any atom is 0.150 e. The quantitative estimate of drug-likeness (QED) is 0.812. The third kappa shape index (κ3) is 4.70. The third-order valence-corrected chi connectivity index (χ3v) is 4.34. The molecular weight excluding hydrogens is 314 g/mol. The van der Waals surface area contributed by atoms with Crippen molar-refractivity contribution in [2.75, 3.05) is 39.3 Å². The first-order valence-corrected chi connectivity index (χ1v) is 8.33. The second-order valence-corrected chi connectivity index (χ2v) is 6.24. The highest BCUT2D eigenvalue weighted by Crippen LogP contribution is 2.22. The lowest BCUT2D eigenvalue weighted by Gasteiger charge is -2.33. The molecule has 0 atom stereocenters. The summed E-state index contributed by atoms with van der Waals surface area (Å²) in [5.74, 6) is 1.70. The van der Waals surface area contributed by atoms with E-state index in [9.17, 15) is 0 Å². The largest absolute Gasteiger partial charge is 0.491 e. The predicted molar refractivity (Wildman–Crippen MR) is 89.9 cm³/mol. The minimum Gasteiger partial charge on any atom is -0.491 e. The fraction of sp³-hybridized carbons (Fsp3) is 0.471. The van der Waals surface area contributed by atoms with Crippen molar-refractivity contribution in [3.8, 4) is 5.75 Å². The SMILES string of the molecule is Cc1cc(CN2CCN(CCOc3ccccc3Cl)CC2)on1. The minimum atomic E-state index is 0.658. The van der Waals surface area contributed by atoms with Crippen LogP contribution in [0.25, 0.3) is 0 Å². The molecule has 0 saturated carbocycles. The van der Waals surface area contributed by atoms with Crippen LogP contribution >= 0.6 is 11.6 Å². The lowest BCUT2D eigenvalue weighted by Crippen LogP contribution is -2.46. The van der Waals surface area contributed by atoms with Gasteiger partial charge in [0.05, 0.1) is 17.3 Å². The maximum atomic E-state index is 6.08. The van der Waals surface area contributed by atoms with Crippen molar-refractivity contribution in [2.24, 2.45) is 0 Å². The summed E-state index contributed by atoms with van der Waals surface area (Å²) in [6, 6.07) is 9.60. The van der Waals surface area contributed by atoms with Gasteiger partial charge in [-0.05, 0) is 19.1 Å². The summed E-state index contributed by atoms with van der Waals surface area (Å²) in [6.45, 7) is 8.51. The zero-order chi connectivity index (χ0) is 16.1. The van der Waals surface area contributed by atoms with Crippen LogP contribution in [-0.4, -0.2) is 54.3 Å². The zero-order valence-corrected chi connectivity index (χ0v) is 14.1. The lowest BCUT2D eigenvalue weighted by atomic mass is 10.3. The summed E-state index contributed by atoms with van der Waals surface area (Å²) >= 11 is 6.08. The molecule has 0 bridgehead atoms. The standard InChI is InChI=1S/C17H22ClN3O2/c1-14-12-15(23-19-14)13-21-8-6-20(7-9-21)10-11-22-17-5-3-2-4-16(17)18/h2-5,12H,6-11,13H2,1H3. The average Bonchev–Trinajstić information content (AvgIpc) is 2.96. The molecule has 0 spiro atoms. The van der Waals surface area contributed by atoms with Crippen LogP contribution in [0, 0.1) is 6.92 Å². The summed E-state index contributed by atoms with van der Waals surface area (Å²) in [5.41, 5.74) is 0.940. The molecule has 0 radical (unpaired) electrons. The van der Waals surface area contributed by atoms with Crippen molar-refractivity contribution in [3.63, 3.8) is 0 Å².